The molecule has 4 aromatic heterocycles. The second-order valence-corrected chi connectivity index (χ2v) is 10.6. The molecule has 1 saturated heterocycles. The number of esters is 1. The zero-order valence-electron chi connectivity index (χ0n) is 24.0. The molecular weight excluding hydrogens is 546 g/mol. The summed E-state index contributed by atoms with van der Waals surface area (Å²) in [7, 11) is 3.46. The van der Waals surface area contributed by atoms with Crippen LogP contribution in [-0.4, -0.2) is 80.3 Å². The SMILES string of the molecule is COC(=O)c1cccc2c1c1nc3nc(Nc4ccc(N5CCN(C)CC5)c(C)c4)ncc3c(=O)n1n2-c1ccccn1. The number of fused-ring (bicyclic) bond motifs is 4. The van der Waals surface area contributed by atoms with Gasteiger partial charge >= 0.3 is 5.97 Å². The largest absolute Gasteiger partial charge is 0.465 e. The number of nitrogens with zero attached hydrogens (tertiary/aromatic N) is 8. The second kappa shape index (κ2) is 10.5. The molecule has 1 aliphatic rings. The maximum absolute atomic E-state index is 14.0. The number of aromatic nitrogens is 6. The van der Waals surface area contributed by atoms with Crippen molar-refractivity contribution in [1.29, 1.82) is 0 Å². The number of rotatable bonds is 5. The Hall–Kier alpha value is -5.36. The second-order valence-electron chi connectivity index (χ2n) is 10.6. The van der Waals surface area contributed by atoms with Gasteiger partial charge in [0.05, 0.1) is 23.6 Å². The van der Waals surface area contributed by atoms with E-state index in [1.165, 1.54) is 23.5 Å². The van der Waals surface area contributed by atoms with Crippen LogP contribution in [0.3, 0.4) is 0 Å². The summed E-state index contributed by atoms with van der Waals surface area (Å²) in [4.78, 5) is 49.8. The van der Waals surface area contributed by atoms with Crippen LogP contribution >= 0.6 is 0 Å². The number of carbonyl (C=O) groups excluding carboxylic acids is 1. The molecule has 6 aromatic rings. The molecule has 0 unspecified atom stereocenters. The molecule has 1 N–H and O–H groups in total. The van der Waals surface area contributed by atoms with E-state index in [-0.39, 0.29) is 22.2 Å². The molecule has 5 heterocycles. The van der Waals surface area contributed by atoms with Crippen LogP contribution in [0.5, 0.6) is 0 Å². The fraction of sp³-hybridized carbons (Fsp3) is 0.226. The smallest absolute Gasteiger partial charge is 0.338 e. The van der Waals surface area contributed by atoms with Gasteiger partial charge in [0.25, 0.3) is 5.56 Å². The molecule has 0 saturated carbocycles. The van der Waals surface area contributed by atoms with E-state index < -0.39 is 11.5 Å². The number of methoxy groups -OCH3 is 1. The van der Waals surface area contributed by atoms with Crippen molar-refractivity contribution >= 4 is 50.9 Å². The van der Waals surface area contributed by atoms with Gasteiger partial charge in [-0.1, -0.05) is 12.1 Å². The van der Waals surface area contributed by atoms with Gasteiger partial charge in [0.2, 0.25) is 5.95 Å². The van der Waals surface area contributed by atoms with Crippen molar-refractivity contribution in [1.82, 2.24) is 34.0 Å². The Morgan fingerprint density at radius 3 is 2.56 bits per heavy atom. The first-order chi connectivity index (χ1) is 20.9. The number of hydrogen-bond donors (Lipinski definition) is 1. The quantitative estimate of drug-likeness (QED) is 0.305. The number of aryl methyl sites for hydroxylation is 1. The van der Waals surface area contributed by atoms with Gasteiger partial charge in [-0.2, -0.15) is 9.50 Å². The third kappa shape index (κ3) is 4.52. The van der Waals surface area contributed by atoms with Crippen molar-refractivity contribution in [3.8, 4) is 5.82 Å². The molecule has 0 atom stereocenters. The molecule has 0 radical (unpaired) electrons. The van der Waals surface area contributed by atoms with Gasteiger partial charge in [0.1, 0.15) is 5.39 Å². The van der Waals surface area contributed by atoms with E-state index in [0.717, 1.165) is 37.4 Å². The van der Waals surface area contributed by atoms with E-state index in [9.17, 15) is 9.59 Å². The fourth-order valence-corrected chi connectivity index (χ4v) is 5.68. The third-order valence-corrected chi connectivity index (χ3v) is 7.87. The summed E-state index contributed by atoms with van der Waals surface area (Å²) < 4.78 is 8.10. The van der Waals surface area contributed by atoms with Crippen molar-refractivity contribution in [2.24, 2.45) is 0 Å². The number of likely N-dealkylation sites (N-methyl/N-ethyl adjacent to an activating group) is 1. The van der Waals surface area contributed by atoms with E-state index in [0.29, 0.717) is 22.7 Å². The molecule has 1 aliphatic heterocycles. The molecule has 216 valence electrons. The average molecular weight is 576 g/mol. The van der Waals surface area contributed by atoms with Gasteiger partial charge < -0.3 is 19.9 Å². The first-order valence-electron chi connectivity index (χ1n) is 14.0. The highest BCUT2D eigenvalue weighted by Crippen LogP contribution is 2.29. The minimum atomic E-state index is -0.541. The third-order valence-electron chi connectivity index (χ3n) is 7.87. The Morgan fingerprint density at radius 2 is 1.81 bits per heavy atom. The number of nitrogens with one attached hydrogen (secondary N) is 1. The van der Waals surface area contributed by atoms with Crippen LogP contribution in [0.25, 0.3) is 33.4 Å². The first-order valence-corrected chi connectivity index (χ1v) is 14.0. The maximum Gasteiger partial charge on any atom is 0.338 e. The summed E-state index contributed by atoms with van der Waals surface area (Å²) in [5, 5.41) is 3.95. The molecule has 2 aromatic carbocycles. The molecule has 12 heteroatoms. The number of piperazine rings is 1. The Balaban J connectivity index is 1.34. The van der Waals surface area contributed by atoms with Gasteiger partial charge in [-0.15, -0.1) is 0 Å². The maximum atomic E-state index is 14.0. The number of carbonyl (C=O) groups is 1. The molecule has 0 aliphatic carbocycles. The number of ether oxygens (including phenoxy) is 1. The Kier molecular flexibility index (Phi) is 6.47. The number of anilines is 3. The van der Waals surface area contributed by atoms with E-state index in [2.05, 4.69) is 56.2 Å². The molecule has 0 spiro atoms. The van der Waals surface area contributed by atoms with E-state index >= 15 is 0 Å². The van der Waals surface area contributed by atoms with Crippen LogP contribution in [0.2, 0.25) is 0 Å². The zero-order valence-corrected chi connectivity index (χ0v) is 24.0. The van der Waals surface area contributed by atoms with Crippen molar-refractivity contribution in [3.05, 3.63) is 88.5 Å². The van der Waals surface area contributed by atoms with Crippen molar-refractivity contribution < 1.29 is 9.53 Å². The number of hydrogen-bond acceptors (Lipinski definition) is 10. The van der Waals surface area contributed by atoms with Crippen molar-refractivity contribution in [3.63, 3.8) is 0 Å². The predicted molar refractivity (Wildman–Crippen MR) is 165 cm³/mol. The lowest BCUT2D eigenvalue weighted by Gasteiger charge is -2.35. The van der Waals surface area contributed by atoms with Gasteiger partial charge in [-0.05, 0) is 62.0 Å². The van der Waals surface area contributed by atoms with E-state index in [4.69, 9.17) is 9.72 Å². The van der Waals surface area contributed by atoms with Gasteiger partial charge in [-0.3, -0.25) is 4.79 Å². The normalized spacial score (nSPS) is 14.1. The molecule has 0 amide bonds. The molecule has 43 heavy (non-hydrogen) atoms. The average Bonchev–Trinajstić information content (AvgIpc) is 3.36. The lowest BCUT2D eigenvalue weighted by Crippen LogP contribution is -2.44. The van der Waals surface area contributed by atoms with Crippen molar-refractivity contribution in [2.45, 2.75) is 6.92 Å². The summed E-state index contributed by atoms with van der Waals surface area (Å²) >= 11 is 0. The van der Waals surface area contributed by atoms with Crippen molar-refractivity contribution in [2.75, 3.05) is 50.6 Å². The van der Waals surface area contributed by atoms with E-state index in [1.54, 1.807) is 35.1 Å². The van der Waals surface area contributed by atoms with Crippen LogP contribution in [0, 0.1) is 6.92 Å². The van der Waals surface area contributed by atoms with Crippen LogP contribution < -0.4 is 15.8 Å². The Morgan fingerprint density at radius 1 is 0.977 bits per heavy atom. The fourth-order valence-electron chi connectivity index (χ4n) is 5.68. The topological polar surface area (TPSA) is 123 Å². The highest BCUT2D eigenvalue weighted by Gasteiger charge is 2.23. The highest BCUT2D eigenvalue weighted by molar-refractivity contribution is 6.10. The first kappa shape index (κ1) is 26.5. The molecule has 7 rings (SSSR count). The van der Waals surface area contributed by atoms with Crippen LogP contribution in [0.1, 0.15) is 15.9 Å². The molecular formula is C31H29N9O3. The number of pyridine rings is 1. The summed E-state index contributed by atoms with van der Waals surface area (Å²) in [6.45, 7) is 6.14. The summed E-state index contributed by atoms with van der Waals surface area (Å²) in [6.07, 6.45) is 3.11. The molecule has 1 fully saturated rings. The van der Waals surface area contributed by atoms with E-state index in [1.807, 2.05) is 18.2 Å². The van der Waals surface area contributed by atoms with Gasteiger partial charge in [0, 0.05) is 49.9 Å². The van der Waals surface area contributed by atoms with Crippen LogP contribution in [-0.2, 0) is 4.74 Å². The lowest BCUT2D eigenvalue weighted by molar-refractivity contribution is 0.0603. The Bertz CT molecular complexity index is 2080. The minimum Gasteiger partial charge on any atom is -0.465 e. The number of benzene rings is 2. The zero-order chi connectivity index (χ0) is 29.7. The monoisotopic (exact) mass is 575 g/mol. The van der Waals surface area contributed by atoms with Crippen LogP contribution in [0.4, 0.5) is 17.3 Å². The molecule has 12 nitrogen and oxygen atoms in total. The van der Waals surface area contributed by atoms with Gasteiger partial charge in [-0.25, -0.2) is 24.4 Å². The van der Waals surface area contributed by atoms with Crippen LogP contribution in [0.15, 0.2) is 71.8 Å². The minimum absolute atomic E-state index is 0.202. The highest BCUT2D eigenvalue weighted by atomic mass is 16.5. The molecule has 0 bridgehead atoms. The summed E-state index contributed by atoms with van der Waals surface area (Å²) in [6, 6.07) is 16.8. The Labute approximate surface area is 246 Å². The standard InChI is InChI=1S/C31H29N9O3/c1-19-17-20(10-11-23(19)38-15-13-37(2)14-16-38)34-31-33-18-22-27(36-31)35-28-26-21(30(42)43-3)7-6-8-24(26)39(40(28)29(22)41)25-9-4-5-12-32-25/h4-12,17-18H,13-16H2,1-3H3,(H,33,34,36). The van der Waals surface area contributed by atoms with Gasteiger partial charge in [0.15, 0.2) is 17.1 Å². The lowest BCUT2D eigenvalue weighted by atomic mass is 10.1. The predicted octanol–water partition coefficient (Wildman–Crippen LogP) is 3.57. The summed E-state index contributed by atoms with van der Waals surface area (Å²) in [5.74, 6) is 0.251. The summed E-state index contributed by atoms with van der Waals surface area (Å²) in [5.41, 5.74) is 4.10.